The van der Waals surface area contributed by atoms with Crippen LogP contribution in [0.15, 0.2) is 30.3 Å². The van der Waals surface area contributed by atoms with Crippen LogP contribution in [0.2, 0.25) is 10.0 Å². The molecule has 0 aliphatic heterocycles. The Morgan fingerprint density at radius 2 is 1.77 bits per heavy atom. The van der Waals surface area contributed by atoms with Crippen LogP contribution in [-0.2, 0) is 11.4 Å². The maximum Gasteiger partial charge on any atom is 0.322 e. The summed E-state index contributed by atoms with van der Waals surface area (Å²) < 4.78 is 5.72. The van der Waals surface area contributed by atoms with Crippen LogP contribution >= 0.6 is 23.2 Å². The molecule has 0 unspecified atom stereocenters. The summed E-state index contributed by atoms with van der Waals surface area (Å²) in [5.41, 5.74) is 3.13. The predicted molar refractivity (Wildman–Crippen MR) is 101 cm³/mol. The fraction of sp³-hybridized carbons (Fsp3) is 0.222. The van der Waals surface area contributed by atoms with E-state index in [1.807, 2.05) is 32.2 Å². The molecule has 3 N–H and O–H groups in total. The number of anilines is 1. The van der Waals surface area contributed by atoms with Crippen molar-refractivity contribution in [1.82, 2.24) is 5.32 Å². The van der Waals surface area contributed by atoms with Gasteiger partial charge in [-0.2, -0.15) is 0 Å². The van der Waals surface area contributed by atoms with Gasteiger partial charge in [-0.3, -0.25) is 9.59 Å². The Bertz CT molecular complexity index is 817. The number of carbonyl (C=O) groups is 2. The van der Waals surface area contributed by atoms with Crippen LogP contribution in [0.25, 0.3) is 0 Å². The van der Waals surface area contributed by atoms with Gasteiger partial charge in [0.15, 0.2) is 5.75 Å². The first-order chi connectivity index (χ1) is 12.3. The van der Waals surface area contributed by atoms with E-state index in [0.717, 1.165) is 16.8 Å². The number of carbonyl (C=O) groups excluding carboxylic acids is 1. The van der Waals surface area contributed by atoms with Crippen molar-refractivity contribution >= 4 is 40.8 Å². The van der Waals surface area contributed by atoms with E-state index in [0.29, 0.717) is 0 Å². The zero-order chi connectivity index (χ0) is 19.3. The Kier molecular flexibility index (Phi) is 6.71. The van der Waals surface area contributed by atoms with Crippen LogP contribution in [0, 0.1) is 6.92 Å². The first kappa shape index (κ1) is 19.9. The number of ether oxygens (including phenoxy) is 1. The minimum Gasteiger partial charge on any atom is -0.486 e. The van der Waals surface area contributed by atoms with E-state index >= 15 is 0 Å². The molecule has 0 aliphatic carbocycles. The molecule has 26 heavy (non-hydrogen) atoms. The van der Waals surface area contributed by atoms with Crippen LogP contribution < -0.4 is 15.4 Å². The van der Waals surface area contributed by atoms with E-state index in [2.05, 4.69) is 10.6 Å². The van der Waals surface area contributed by atoms with Crippen molar-refractivity contribution in [2.45, 2.75) is 13.5 Å². The Morgan fingerprint density at radius 3 is 2.35 bits per heavy atom. The minimum atomic E-state index is -1.14. The Balaban J connectivity index is 2.14. The van der Waals surface area contributed by atoms with Crippen molar-refractivity contribution in [2.75, 3.05) is 18.9 Å². The number of hydrogen-bond donors (Lipinski definition) is 3. The zero-order valence-electron chi connectivity index (χ0n) is 14.2. The second-order valence-corrected chi connectivity index (χ2v) is 6.41. The second-order valence-electron chi connectivity index (χ2n) is 5.59. The molecule has 0 atom stereocenters. The number of benzene rings is 2. The monoisotopic (exact) mass is 396 g/mol. The molecule has 0 saturated carbocycles. The third-order valence-corrected chi connectivity index (χ3v) is 4.03. The second kappa shape index (κ2) is 8.78. The molecule has 2 aromatic rings. The summed E-state index contributed by atoms with van der Waals surface area (Å²) in [5.74, 6) is -1.47. The van der Waals surface area contributed by atoms with E-state index < -0.39 is 18.4 Å². The van der Waals surface area contributed by atoms with Crippen molar-refractivity contribution in [3.05, 3.63) is 57.1 Å². The lowest BCUT2D eigenvalue weighted by Crippen LogP contribution is -2.29. The van der Waals surface area contributed by atoms with Crippen molar-refractivity contribution in [2.24, 2.45) is 0 Å². The average molecular weight is 397 g/mol. The first-order valence-electron chi connectivity index (χ1n) is 7.70. The number of aliphatic carboxylic acids is 1. The van der Waals surface area contributed by atoms with E-state index in [1.165, 1.54) is 12.1 Å². The highest BCUT2D eigenvalue weighted by atomic mass is 35.5. The molecule has 0 radical (unpaired) electrons. The highest BCUT2D eigenvalue weighted by Gasteiger charge is 2.15. The van der Waals surface area contributed by atoms with Crippen molar-refractivity contribution in [1.29, 1.82) is 0 Å². The number of aryl methyl sites for hydroxylation is 1. The fourth-order valence-corrected chi connectivity index (χ4v) is 2.93. The third-order valence-electron chi connectivity index (χ3n) is 3.47. The molecule has 2 rings (SSSR count). The summed E-state index contributed by atoms with van der Waals surface area (Å²) in [6.07, 6.45) is 0. The van der Waals surface area contributed by atoms with Gasteiger partial charge in [0.25, 0.3) is 5.91 Å². The van der Waals surface area contributed by atoms with Crippen molar-refractivity contribution in [3.63, 3.8) is 0 Å². The molecule has 0 aromatic heterocycles. The lowest BCUT2D eigenvalue weighted by molar-refractivity contribution is -0.135. The Morgan fingerprint density at radius 1 is 1.12 bits per heavy atom. The van der Waals surface area contributed by atoms with Crippen LogP contribution in [0.3, 0.4) is 0 Å². The van der Waals surface area contributed by atoms with Gasteiger partial charge in [0.1, 0.15) is 13.2 Å². The largest absolute Gasteiger partial charge is 0.486 e. The van der Waals surface area contributed by atoms with Gasteiger partial charge in [0.2, 0.25) is 0 Å². The summed E-state index contributed by atoms with van der Waals surface area (Å²) in [4.78, 5) is 22.4. The molecule has 0 aliphatic rings. The number of hydrogen-bond acceptors (Lipinski definition) is 4. The fourth-order valence-electron chi connectivity index (χ4n) is 2.33. The molecule has 0 fully saturated rings. The van der Waals surface area contributed by atoms with Gasteiger partial charge in [-0.05, 0) is 42.3 Å². The van der Waals surface area contributed by atoms with Gasteiger partial charge in [-0.1, -0.05) is 29.3 Å². The Hall–Kier alpha value is -2.44. The smallest absolute Gasteiger partial charge is 0.322 e. The van der Waals surface area contributed by atoms with Gasteiger partial charge < -0.3 is 20.5 Å². The van der Waals surface area contributed by atoms with Crippen LogP contribution in [0.5, 0.6) is 5.75 Å². The highest BCUT2D eigenvalue weighted by molar-refractivity contribution is 6.37. The maximum absolute atomic E-state index is 11.9. The van der Waals surface area contributed by atoms with Crippen LogP contribution in [0.1, 0.15) is 21.5 Å². The number of carboxylic acids is 1. The molecule has 8 heteroatoms. The van der Waals surface area contributed by atoms with Crippen LogP contribution in [-0.4, -0.2) is 30.6 Å². The number of amides is 1. The van der Waals surface area contributed by atoms with Crippen LogP contribution in [0.4, 0.5) is 5.69 Å². The summed E-state index contributed by atoms with van der Waals surface area (Å²) in [6.45, 7) is 1.74. The van der Waals surface area contributed by atoms with Gasteiger partial charge in [0, 0.05) is 18.3 Å². The molecule has 0 spiro atoms. The van der Waals surface area contributed by atoms with Gasteiger partial charge >= 0.3 is 5.97 Å². The topological polar surface area (TPSA) is 87.7 Å². The molecule has 0 saturated heterocycles. The zero-order valence-corrected chi connectivity index (χ0v) is 15.7. The minimum absolute atomic E-state index is 0.154. The van der Waals surface area contributed by atoms with E-state index in [1.54, 1.807) is 0 Å². The normalized spacial score (nSPS) is 10.3. The molecule has 0 bridgehead atoms. The third kappa shape index (κ3) is 5.28. The summed E-state index contributed by atoms with van der Waals surface area (Å²) >= 11 is 12.4. The molecule has 1 amide bonds. The standard InChI is InChI=1S/C18H18Cl2N2O4/c1-10-3-11(5-13(4-10)21-2)9-26-17-14(19)6-12(7-15(17)20)18(25)22-8-16(23)24/h3-7,21H,8-9H2,1-2H3,(H,22,25)(H,23,24). The number of nitrogens with one attached hydrogen (secondary N) is 2. The molecular formula is C18H18Cl2N2O4. The summed E-state index contributed by atoms with van der Waals surface area (Å²) in [7, 11) is 1.83. The van der Waals surface area contributed by atoms with Crippen molar-refractivity contribution in [3.8, 4) is 5.75 Å². The highest BCUT2D eigenvalue weighted by Crippen LogP contribution is 2.35. The number of halogens is 2. The molecule has 0 heterocycles. The maximum atomic E-state index is 11.9. The molecule has 6 nitrogen and oxygen atoms in total. The molecule has 2 aromatic carbocycles. The first-order valence-corrected chi connectivity index (χ1v) is 8.46. The summed E-state index contributed by atoms with van der Waals surface area (Å²) in [6, 6.07) is 8.71. The molecular weight excluding hydrogens is 379 g/mol. The number of carboxylic acid groups (broad SMARTS) is 1. The van der Waals surface area contributed by atoms with E-state index in [4.69, 9.17) is 33.0 Å². The summed E-state index contributed by atoms with van der Waals surface area (Å²) in [5, 5.41) is 14.3. The molecule has 138 valence electrons. The van der Waals surface area contributed by atoms with Crippen molar-refractivity contribution < 1.29 is 19.4 Å². The SMILES string of the molecule is CNc1cc(C)cc(COc2c(Cl)cc(C(=O)NCC(=O)O)cc2Cl)c1. The average Bonchev–Trinajstić information content (AvgIpc) is 2.58. The lowest BCUT2D eigenvalue weighted by atomic mass is 10.1. The van der Waals surface area contributed by atoms with Gasteiger partial charge in [0.05, 0.1) is 10.0 Å². The number of rotatable bonds is 7. The predicted octanol–water partition coefficient (Wildman–Crippen LogP) is 3.74. The Labute approximate surface area is 161 Å². The van der Waals surface area contributed by atoms with Gasteiger partial charge in [-0.15, -0.1) is 0 Å². The lowest BCUT2D eigenvalue weighted by Gasteiger charge is -2.13. The quantitative estimate of drug-likeness (QED) is 0.663. The van der Waals surface area contributed by atoms with E-state index in [9.17, 15) is 9.59 Å². The van der Waals surface area contributed by atoms with Gasteiger partial charge in [-0.25, -0.2) is 0 Å². The van der Waals surface area contributed by atoms with E-state index in [-0.39, 0.29) is 28.0 Å².